The summed E-state index contributed by atoms with van der Waals surface area (Å²) in [6, 6.07) is 15.5. The molecule has 0 bridgehead atoms. The fraction of sp³-hybridized carbons (Fsp3) is 0.222. The van der Waals surface area contributed by atoms with E-state index in [-0.39, 0.29) is 6.04 Å². The van der Waals surface area contributed by atoms with Crippen LogP contribution in [0.5, 0.6) is 5.75 Å². The number of anilines is 1. The lowest BCUT2D eigenvalue weighted by Gasteiger charge is -2.08. The average Bonchev–Trinajstić information content (AvgIpc) is 3.09. The van der Waals surface area contributed by atoms with Crippen LogP contribution in [0.25, 0.3) is 0 Å². The number of rotatable bonds is 6. The van der Waals surface area contributed by atoms with Gasteiger partial charge in [0, 0.05) is 11.8 Å². The highest BCUT2D eigenvalue weighted by Gasteiger charge is 2.14. The Labute approximate surface area is 141 Å². The molecule has 0 spiro atoms. The van der Waals surface area contributed by atoms with E-state index < -0.39 is 0 Å². The lowest BCUT2D eigenvalue weighted by atomic mass is 10.1. The van der Waals surface area contributed by atoms with E-state index in [1.165, 1.54) is 5.56 Å². The van der Waals surface area contributed by atoms with E-state index >= 15 is 0 Å². The first-order valence-corrected chi connectivity index (χ1v) is 7.77. The standard InChI is InChI=1S/C18H21N5O/c1-12-6-8-13(9-7-12)17(19)18-21-16(22-23-18)11-20-14-4-3-5-15(10-14)24-2/h3-10,17,20H,11,19H2,1-2H3,(H,21,22,23)/t17-/m1/s1. The number of aromatic nitrogens is 3. The van der Waals surface area contributed by atoms with Gasteiger partial charge in [-0.25, -0.2) is 4.98 Å². The van der Waals surface area contributed by atoms with E-state index in [2.05, 4.69) is 20.5 Å². The van der Waals surface area contributed by atoms with Crippen LogP contribution >= 0.6 is 0 Å². The summed E-state index contributed by atoms with van der Waals surface area (Å²) in [7, 11) is 1.65. The Morgan fingerprint density at radius 2 is 2.00 bits per heavy atom. The summed E-state index contributed by atoms with van der Waals surface area (Å²) in [4.78, 5) is 4.48. The van der Waals surface area contributed by atoms with Gasteiger partial charge in [0.15, 0.2) is 5.82 Å². The second-order valence-corrected chi connectivity index (χ2v) is 5.61. The largest absolute Gasteiger partial charge is 0.497 e. The Hall–Kier alpha value is -2.86. The topological polar surface area (TPSA) is 88.8 Å². The van der Waals surface area contributed by atoms with Crippen molar-refractivity contribution in [3.8, 4) is 5.75 Å². The summed E-state index contributed by atoms with van der Waals surface area (Å²) in [6.07, 6.45) is 0. The van der Waals surface area contributed by atoms with Gasteiger partial charge in [0.2, 0.25) is 0 Å². The molecule has 0 unspecified atom stereocenters. The van der Waals surface area contributed by atoms with Crippen LogP contribution in [-0.4, -0.2) is 22.3 Å². The first-order valence-electron chi connectivity index (χ1n) is 7.77. The van der Waals surface area contributed by atoms with Gasteiger partial charge < -0.3 is 15.8 Å². The molecule has 1 aromatic heterocycles. The van der Waals surface area contributed by atoms with Crippen molar-refractivity contribution in [2.45, 2.75) is 19.5 Å². The SMILES string of the molecule is COc1cccc(NCc2nc([C@H](N)c3ccc(C)cc3)n[nH]2)c1. The number of nitrogens with two attached hydrogens (primary N) is 1. The van der Waals surface area contributed by atoms with Gasteiger partial charge in [-0.05, 0) is 24.6 Å². The van der Waals surface area contributed by atoms with Gasteiger partial charge in [0.05, 0.1) is 19.7 Å². The Balaban J connectivity index is 1.65. The van der Waals surface area contributed by atoms with Crippen LogP contribution in [0.4, 0.5) is 5.69 Å². The predicted octanol–water partition coefficient (Wildman–Crippen LogP) is 2.78. The zero-order chi connectivity index (χ0) is 16.9. The number of H-pyrrole nitrogens is 1. The molecule has 0 radical (unpaired) electrons. The van der Waals surface area contributed by atoms with Crippen molar-refractivity contribution in [3.05, 3.63) is 71.3 Å². The normalized spacial score (nSPS) is 12.0. The van der Waals surface area contributed by atoms with E-state index in [0.717, 1.165) is 22.8 Å². The molecule has 6 nitrogen and oxygen atoms in total. The minimum Gasteiger partial charge on any atom is -0.497 e. The molecule has 0 amide bonds. The molecular weight excluding hydrogens is 302 g/mol. The summed E-state index contributed by atoms with van der Waals surface area (Å²) < 4.78 is 5.21. The summed E-state index contributed by atoms with van der Waals surface area (Å²) in [5, 5.41) is 10.4. The summed E-state index contributed by atoms with van der Waals surface area (Å²) in [6.45, 7) is 2.57. The Kier molecular flexibility index (Phi) is 4.77. The number of benzene rings is 2. The van der Waals surface area contributed by atoms with Crippen LogP contribution in [0.2, 0.25) is 0 Å². The molecule has 6 heteroatoms. The molecule has 4 N–H and O–H groups in total. The Bertz CT molecular complexity index is 797. The molecule has 124 valence electrons. The Morgan fingerprint density at radius 1 is 1.21 bits per heavy atom. The molecule has 0 aliphatic rings. The zero-order valence-corrected chi connectivity index (χ0v) is 13.8. The lowest BCUT2D eigenvalue weighted by molar-refractivity contribution is 0.415. The number of aromatic amines is 1. The highest BCUT2D eigenvalue weighted by Crippen LogP contribution is 2.18. The van der Waals surface area contributed by atoms with E-state index in [9.17, 15) is 0 Å². The maximum Gasteiger partial charge on any atom is 0.171 e. The van der Waals surface area contributed by atoms with Gasteiger partial charge in [0.1, 0.15) is 11.6 Å². The van der Waals surface area contributed by atoms with Crippen molar-refractivity contribution in [2.24, 2.45) is 5.73 Å². The van der Waals surface area contributed by atoms with Crippen molar-refractivity contribution in [1.82, 2.24) is 15.2 Å². The molecule has 0 saturated carbocycles. The third kappa shape index (κ3) is 3.72. The van der Waals surface area contributed by atoms with Gasteiger partial charge >= 0.3 is 0 Å². The molecule has 0 aliphatic heterocycles. The van der Waals surface area contributed by atoms with Gasteiger partial charge in [-0.2, -0.15) is 5.10 Å². The van der Waals surface area contributed by atoms with Gasteiger partial charge in [-0.3, -0.25) is 5.10 Å². The minimum atomic E-state index is -0.340. The van der Waals surface area contributed by atoms with Gasteiger partial charge in [-0.15, -0.1) is 0 Å². The van der Waals surface area contributed by atoms with E-state index in [1.54, 1.807) is 7.11 Å². The zero-order valence-electron chi connectivity index (χ0n) is 13.8. The predicted molar refractivity (Wildman–Crippen MR) is 93.9 cm³/mol. The van der Waals surface area contributed by atoms with Crippen LogP contribution in [0, 0.1) is 6.92 Å². The number of aryl methyl sites for hydroxylation is 1. The van der Waals surface area contributed by atoms with Crippen molar-refractivity contribution in [2.75, 3.05) is 12.4 Å². The fourth-order valence-corrected chi connectivity index (χ4v) is 2.37. The molecular formula is C18H21N5O. The maximum absolute atomic E-state index is 6.24. The lowest BCUT2D eigenvalue weighted by Crippen LogP contribution is -2.13. The van der Waals surface area contributed by atoms with Crippen LogP contribution in [0.15, 0.2) is 48.5 Å². The quantitative estimate of drug-likeness (QED) is 0.649. The second kappa shape index (κ2) is 7.14. The highest BCUT2D eigenvalue weighted by molar-refractivity contribution is 5.48. The summed E-state index contributed by atoms with van der Waals surface area (Å²) in [5.41, 5.74) is 9.39. The van der Waals surface area contributed by atoms with Crippen molar-refractivity contribution in [1.29, 1.82) is 0 Å². The van der Waals surface area contributed by atoms with Crippen LogP contribution in [-0.2, 0) is 6.54 Å². The van der Waals surface area contributed by atoms with Gasteiger partial charge in [-0.1, -0.05) is 35.9 Å². The Morgan fingerprint density at radius 3 is 2.75 bits per heavy atom. The van der Waals surface area contributed by atoms with Gasteiger partial charge in [0.25, 0.3) is 0 Å². The molecule has 1 heterocycles. The number of hydrogen-bond donors (Lipinski definition) is 3. The monoisotopic (exact) mass is 323 g/mol. The van der Waals surface area contributed by atoms with Crippen LogP contribution in [0.3, 0.4) is 0 Å². The fourth-order valence-electron chi connectivity index (χ4n) is 2.37. The smallest absolute Gasteiger partial charge is 0.171 e. The average molecular weight is 323 g/mol. The van der Waals surface area contributed by atoms with Crippen molar-refractivity contribution in [3.63, 3.8) is 0 Å². The van der Waals surface area contributed by atoms with E-state index in [1.807, 2.05) is 55.5 Å². The number of nitrogens with zero attached hydrogens (tertiary/aromatic N) is 2. The second-order valence-electron chi connectivity index (χ2n) is 5.61. The summed E-state index contributed by atoms with van der Waals surface area (Å²) >= 11 is 0. The molecule has 24 heavy (non-hydrogen) atoms. The van der Waals surface area contributed by atoms with Crippen molar-refractivity contribution < 1.29 is 4.74 Å². The first-order chi connectivity index (χ1) is 11.7. The number of ether oxygens (including phenoxy) is 1. The molecule has 0 fully saturated rings. The highest BCUT2D eigenvalue weighted by atomic mass is 16.5. The van der Waals surface area contributed by atoms with Crippen LogP contribution in [0.1, 0.15) is 28.8 Å². The minimum absolute atomic E-state index is 0.340. The van der Waals surface area contributed by atoms with Crippen molar-refractivity contribution >= 4 is 5.69 Å². The maximum atomic E-state index is 6.24. The molecule has 2 aromatic carbocycles. The third-order valence-electron chi connectivity index (χ3n) is 3.79. The molecule has 0 aliphatic carbocycles. The number of nitrogens with one attached hydrogen (secondary N) is 2. The number of methoxy groups -OCH3 is 1. The third-order valence-corrected chi connectivity index (χ3v) is 3.79. The van der Waals surface area contributed by atoms with E-state index in [4.69, 9.17) is 10.5 Å². The number of hydrogen-bond acceptors (Lipinski definition) is 5. The summed E-state index contributed by atoms with van der Waals surface area (Å²) in [5.74, 6) is 2.12. The molecule has 1 atom stereocenters. The molecule has 3 aromatic rings. The first kappa shape index (κ1) is 16.0. The van der Waals surface area contributed by atoms with Crippen LogP contribution < -0.4 is 15.8 Å². The molecule has 3 rings (SSSR count). The van der Waals surface area contributed by atoms with E-state index in [0.29, 0.717) is 12.4 Å². The molecule has 0 saturated heterocycles.